The highest BCUT2D eigenvalue weighted by Crippen LogP contribution is 2.51. The number of nitrogens with one attached hydrogen (secondary N) is 1. The van der Waals surface area contributed by atoms with E-state index in [0.29, 0.717) is 0 Å². The lowest BCUT2D eigenvalue weighted by Crippen LogP contribution is -2.61. The first kappa shape index (κ1) is 18.1. The Balaban J connectivity index is 2.82. The third kappa shape index (κ3) is 2.69. The molecule has 1 N–H and O–H groups in total. The first-order valence-corrected chi connectivity index (χ1v) is 6.69. The Labute approximate surface area is 137 Å². The zero-order valence-electron chi connectivity index (χ0n) is 11.8. The summed E-state index contributed by atoms with van der Waals surface area (Å²) < 4.78 is 84.0. The van der Waals surface area contributed by atoms with Gasteiger partial charge < -0.3 is 10.1 Å². The van der Waals surface area contributed by atoms with E-state index < -0.39 is 29.3 Å². The monoisotopic (exact) mass is 366 g/mol. The Morgan fingerprint density at radius 1 is 1.21 bits per heavy atom. The van der Waals surface area contributed by atoms with Gasteiger partial charge >= 0.3 is 18.0 Å². The van der Waals surface area contributed by atoms with Crippen molar-refractivity contribution >= 4 is 22.8 Å². The summed E-state index contributed by atoms with van der Waals surface area (Å²) in [6.45, 7) is 0. The molecule has 0 saturated heterocycles. The van der Waals surface area contributed by atoms with Gasteiger partial charge in [-0.15, -0.1) is 0 Å². The minimum absolute atomic E-state index is 0.0358. The predicted octanol–water partition coefficient (Wildman–Crippen LogP) is 3.74. The van der Waals surface area contributed by atoms with Crippen LogP contribution in [-0.4, -0.2) is 30.0 Å². The lowest BCUT2D eigenvalue weighted by atomic mass is 9.90. The van der Waals surface area contributed by atoms with Gasteiger partial charge in [-0.25, -0.2) is 0 Å². The number of nitriles is 1. The van der Waals surface area contributed by atoms with Gasteiger partial charge in [-0.2, -0.15) is 31.6 Å². The molecule has 1 aromatic rings. The van der Waals surface area contributed by atoms with E-state index in [1.165, 1.54) is 7.05 Å². The summed E-state index contributed by atoms with van der Waals surface area (Å²) in [4.78, 5) is -0.340. The number of thiocarbonyl (C=S) groups is 1. The Bertz CT molecular complexity index is 746. The van der Waals surface area contributed by atoms with Gasteiger partial charge in [0.2, 0.25) is 0 Å². The Morgan fingerprint density at radius 2 is 1.79 bits per heavy atom. The van der Waals surface area contributed by atoms with Crippen molar-refractivity contribution < 1.29 is 31.1 Å². The number of rotatable bonds is 1. The van der Waals surface area contributed by atoms with Gasteiger partial charge in [-0.05, 0) is 24.3 Å². The highest BCUT2D eigenvalue weighted by molar-refractivity contribution is 7.81. The standard InChI is InChI=1S/C14H8F6N2OS/c1-22-11(24)9-5-12(13(15,16)17,14(18,19)20)23-10-3-2-7(6-21)4-8(9)10/h2-5H,1H3,(H,22,24). The lowest BCUT2D eigenvalue weighted by molar-refractivity contribution is -0.338. The van der Waals surface area contributed by atoms with E-state index in [1.54, 1.807) is 6.07 Å². The fraction of sp³-hybridized carbons (Fsp3) is 0.286. The molecule has 0 fully saturated rings. The van der Waals surface area contributed by atoms with Gasteiger partial charge in [0.25, 0.3) is 0 Å². The first-order chi connectivity index (χ1) is 11.0. The maximum absolute atomic E-state index is 13.3. The predicted molar refractivity (Wildman–Crippen MR) is 76.3 cm³/mol. The molecule has 2 rings (SSSR count). The molecular weight excluding hydrogens is 358 g/mol. The van der Waals surface area contributed by atoms with Crippen LogP contribution in [0.3, 0.4) is 0 Å². The molecule has 3 nitrogen and oxygen atoms in total. The number of fused-ring (bicyclic) bond motifs is 1. The molecule has 0 spiro atoms. The normalized spacial score (nSPS) is 16.3. The molecule has 0 radical (unpaired) electrons. The molecule has 1 heterocycles. The number of hydrogen-bond acceptors (Lipinski definition) is 3. The van der Waals surface area contributed by atoms with Crippen LogP contribution in [-0.2, 0) is 0 Å². The topological polar surface area (TPSA) is 45.0 Å². The van der Waals surface area contributed by atoms with Crippen molar-refractivity contribution in [2.24, 2.45) is 0 Å². The summed E-state index contributed by atoms with van der Waals surface area (Å²) >= 11 is 4.83. The quantitative estimate of drug-likeness (QED) is 0.608. The van der Waals surface area contributed by atoms with Crippen LogP contribution in [0.25, 0.3) is 5.57 Å². The maximum Gasteiger partial charge on any atom is 0.441 e. The average molecular weight is 366 g/mol. The van der Waals surface area contributed by atoms with Crippen LogP contribution >= 0.6 is 12.2 Å². The molecule has 1 aromatic carbocycles. The van der Waals surface area contributed by atoms with Crippen LogP contribution in [0.5, 0.6) is 5.75 Å². The summed E-state index contributed by atoms with van der Waals surface area (Å²) in [7, 11) is 1.26. The second-order valence-electron chi connectivity index (χ2n) is 4.79. The number of benzene rings is 1. The van der Waals surface area contributed by atoms with Gasteiger partial charge in [0.1, 0.15) is 10.7 Å². The Kier molecular flexibility index (Phi) is 4.26. The molecule has 0 saturated carbocycles. The zero-order valence-corrected chi connectivity index (χ0v) is 12.7. The minimum atomic E-state index is -5.77. The molecule has 128 valence electrons. The van der Waals surface area contributed by atoms with Crippen LogP contribution in [0.2, 0.25) is 0 Å². The number of halogens is 6. The van der Waals surface area contributed by atoms with Crippen molar-refractivity contribution in [3.8, 4) is 11.8 Å². The van der Waals surface area contributed by atoms with E-state index in [0.717, 1.165) is 18.2 Å². The van der Waals surface area contributed by atoms with Crippen molar-refractivity contribution in [1.29, 1.82) is 5.26 Å². The SMILES string of the molecule is CNC(=S)C1=CC(C(F)(F)F)(C(F)(F)F)Oc2ccc(C#N)cc21. The number of likely N-dealkylation sites (N-methyl/N-ethyl adjacent to an activating group) is 1. The van der Waals surface area contributed by atoms with Crippen molar-refractivity contribution in [2.45, 2.75) is 18.0 Å². The van der Waals surface area contributed by atoms with E-state index in [-0.39, 0.29) is 22.2 Å². The second kappa shape index (κ2) is 5.66. The molecule has 0 aromatic heterocycles. The average Bonchev–Trinajstić information content (AvgIpc) is 2.50. The van der Waals surface area contributed by atoms with E-state index >= 15 is 0 Å². The summed E-state index contributed by atoms with van der Waals surface area (Å²) in [5.74, 6) is -0.668. The molecule has 1 aliphatic rings. The van der Waals surface area contributed by atoms with E-state index in [4.69, 9.17) is 17.5 Å². The van der Waals surface area contributed by atoms with E-state index in [2.05, 4.69) is 10.1 Å². The molecular formula is C14H8F6N2OS. The largest absolute Gasteiger partial charge is 0.464 e. The van der Waals surface area contributed by atoms with Crippen molar-refractivity contribution in [1.82, 2.24) is 5.32 Å². The molecule has 10 heteroatoms. The van der Waals surface area contributed by atoms with Crippen LogP contribution in [0.4, 0.5) is 26.3 Å². The van der Waals surface area contributed by atoms with Gasteiger partial charge in [0.15, 0.2) is 0 Å². The second-order valence-corrected chi connectivity index (χ2v) is 5.20. The zero-order chi connectivity index (χ0) is 18.3. The molecule has 1 aliphatic heterocycles. The third-order valence-corrected chi connectivity index (χ3v) is 3.76. The molecule has 0 amide bonds. The first-order valence-electron chi connectivity index (χ1n) is 6.29. The van der Waals surface area contributed by atoms with Crippen molar-refractivity contribution in [3.05, 3.63) is 35.4 Å². The summed E-state index contributed by atoms with van der Waals surface area (Å²) in [5, 5.41) is 11.2. The van der Waals surface area contributed by atoms with E-state index in [1.807, 2.05) is 0 Å². The van der Waals surface area contributed by atoms with Crippen molar-refractivity contribution in [2.75, 3.05) is 7.05 Å². The lowest BCUT2D eigenvalue weighted by Gasteiger charge is -2.39. The van der Waals surface area contributed by atoms with Gasteiger partial charge in [-0.1, -0.05) is 12.2 Å². The highest BCUT2D eigenvalue weighted by atomic mass is 32.1. The van der Waals surface area contributed by atoms with Crippen LogP contribution < -0.4 is 10.1 Å². The molecule has 0 aliphatic carbocycles. The summed E-state index contributed by atoms with van der Waals surface area (Å²) in [6.07, 6.45) is -11.6. The maximum atomic E-state index is 13.3. The van der Waals surface area contributed by atoms with Gasteiger partial charge in [0.05, 0.1) is 11.6 Å². The minimum Gasteiger partial charge on any atom is -0.464 e. The number of nitrogens with zero attached hydrogens (tertiary/aromatic N) is 1. The Hall–Kier alpha value is -2.28. The number of alkyl halides is 6. The Morgan fingerprint density at radius 3 is 2.25 bits per heavy atom. The summed E-state index contributed by atoms with van der Waals surface area (Å²) in [5.41, 5.74) is -5.14. The van der Waals surface area contributed by atoms with Crippen LogP contribution in [0, 0.1) is 11.3 Å². The molecule has 0 bridgehead atoms. The molecule has 0 atom stereocenters. The fourth-order valence-corrected chi connectivity index (χ4v) is 2.31. The number of hydrogen-bond donors (Lipinski definition) is 1. The van der Waals surface area contributed by atoms with E-state index in [9.17, 15) is 26.3 Å². The highest BCUT2D eigenvalue weighted by Gasteiger charge is 2.73. The molecule has 0 unspecified atom stereocenters. The number of ether oxygens (including phenoxy) is 1. The van der Waals surface area contributed by atoms with Crippen molar-refractivity contribution in [3.63, 3.8) is 0 Å². The smallest absolute Gasteiger partial charge is 0.441 e. The third-order valence-electron chi connectivity index (χ3n) is 3.33. The summed E-state index contributed by atoms with van der Waals surface area (Å²) in [6, 6.07) is 4.80. The van der Waals surface area contributed by atoms with Crippen LogP contribution in [0.15, 0.2) is 24.3 Å². The van der Waals surface area contributed by atoms with Gasteiger partial charge in [-0.3, -0.25) is 0 Å². The fourth-order valence-electron chi connectivity index (χ4n) is 2.15. The molecule has 24 heavy (non-hydrogen) atoms. The van der Waals surface area contributed by atoms with Crippen LogP contribution in [0.1, 0.15) is 11.1 Å². The van der Waals surface area contributed by atoms with Gasteiger partial charge in [0, 0.05) is 18.2 Å².